The van der Waals surface area contributed by atoms with E-state index in [0.29, 0.717) is 34.4 Å². The number of imide groups is 1. The van der Waals surface area contributed by atoms with Crippen LogP contribution in [0.3, 0.4) is 0 Å². The molecule has 10 heteroatoms. The summed E-state index contributed by atoms with van der Waals surface area (Å²) in [6, 6.07) is 21.3. The summed E-state index contributed by atoms with van der Waals surface area (Å²) in [4.78, 5) is 39.0. The van der Waals surface area contributed by atoms with Gasteiger partial charge in [-0.25, -0.2) is 0 Å². The van der Waals surface area contributed by atoms with Crippen molar-refractivity contribution in [2.45, 2.75) is 0 Å². The molecule has 3 aromatic rings. The molecule has 0 saturated carbocycles. The van der Waals surface area contributed by atoms with Gasteiger partial charge in [0.05, 0.1) is 17.0 Å². The second-order valence-corrected chi connectivity index (χ2v) is 9.11. The maximum Gasteiger partial charge on any atom is 0.294 e. The molecule has 37 heavy (non-hydrogen) atoms. The minimum Gasteiger partial charge on any atom is -0.495 e. The van der Waals surface area contributed by atoms with Crippen LogP contribution >= 0.6 is 23.4 Å². The Balaban J connectivity index is 1.37. The van der Waals surface area contributed by atoms with Crippen molar-refractivity contribution in [1.29, 1.82) is 0 Å². The summed E-state index contributed by atoms with van der Waals surface area (Å²) in [5.74, 6) is 0.656. The van der Waals surface area contributed by atoms with E-state index in [0.717, 1.165) is 22.4 Å². The molecule has 1 fully saturated rings. The Labute approximate surface area is 223 Å². The molecule has 4 rings (SSSR count). The van der Waals surface area contributed by atoms with Crippen LogP contribution in [-0.2, 0) is 9.59 Å². The molecular formula is C27H23ClN2O6S. The Morgan fingerprint density at radius 1 is 0.973 bits per heavy atom. The molecule has 1 saturated heterocycles. The fourth-order valence-corrected chi connectivity index (χ4v) is 4.51. The zero-order chi connectivity index (χ0) is 26.2. The van der Waals surface area contributed by atoms with Gasteiger partial charge in [-0.2, -0.15) is 0 Å². The van der Waals surface area contributed by atoms with Crippen molar-refractivity contribution in [2.24, 2.45) is 0 Å². The fourth-order valence-electron chi connectivity index (χ4n) is 3.42. The van der Waals surface area contributed by atoms with E-state index in [4.69, 9.17) is 25.8 Å². The Hall–Kier alpha value is -3.95. The number of benzene rings is 3. The zero-order valence-corrected chi connectivity index (χ0v) is 21.4. The molecule has 3 amide bonds. The van der Waals surface area contributed by atoms with Crippen LogP contribution < -0.4 is 19.5 Å². The first-order valence-corrected chi connectivity index (χ1v) is 12.4. The normalized spacial score (nSPS) is 14.1. The van der Waals surface area contributed by atoms with Crippen LogP contribution in [-0.4, -0.2) is 48.8 Å². The zero-order valence-electron chi connectivity index (χ0n) is 19.8. The number of anilines is 1. The molecule has 0 bridgehead atoms. The highest BCUT2D eigenvalue weighted by atomic mass is 35.5. The minimum atomic E-state index is -0.555. The second kappa shape index (κ2) is 12.3. The lowest BCUT2D eigenvalue weighted by atomic mass is 10.2. The highest BCUT2D eigenvalue weighted by Gasteiger charge is 2.36. The molecule has 3 aromatic carbocycles. The van der Waals surface area contributed by atoms with Gasteiger partial charge in [-0.1, -0.05) is 48.0 Å². The summed E-state index contributed by atoms with van der Waals surface area (Å²) < 4.78 is 16.6. The van der Waals surface area contributed by atoms with E-state index in [1.165, 1.54) is 13.2 Å². The van der Waals surface area contributed by atoms with Crippen molar-refractivity contribution in [3.05, 3.63) is 88.3 Å². The number of ether oxygens (including phenoxy) is 3. The molecule has 8 nitrogen and oxygen atoms in total. The molecule has 1 heterocycles. The van der Waals surface area contributed by atoms with E-state index in [-0.39, 0.29) is 11.5 Å². The number of carbonyl (C=O) groups is 3. The summed E-state index contributed by atoms with van der Waals surface area (Å²) in [6.45, 7) is 0.195. The van der Waals surface area contributed by atoms with E-state index in [9.17, 15) is 14.4 Å². The minimum absolute atomic E-state index is 0.196. The third kappa shape index (κ3) is 6.84. The lowest BCUT2D eigenvalue weighted by molar-refractivity contribution is -0.127. The third-order valence-electron chi connectivity index (χ3n) is 5.17. The predicted molar refractivity (Wildman–Crippen MR) is 143 cm³/mol. The lowest BCUT2D eigenvalue weighted by Gasteiger charge is -2.13. The van der Waals surface area contributed by atoms with Crippen molar-refractivity contribution in [3.63, 3.8) is 0 Å². The molecule has 1 aliphatic rings. The molecule has 0 aromatic heterocycles. The first kappa shape index (κ1) is 26.1. The number of nitrogens with one attached hydrogen (secondary N) is 1. The smallest absolute Gasteiger partial charge is 0.294 e. The van der Waals surface area contributed by atoms with E-state index in [1.54, 1.807) is 36.4 Å². The number of rotatable bonds is 10. The molecule has 0 atom stereocenters. The topological polar surface area (TPSA) is 94.2 Å². The van der Waals surface area contributed by atoms with Gasteiger partial charge in [-0.3, -0.25) is 19.3 Å². The quantitative estimate of drug-likeness (QED) is 0.270. The maximum absolute atomic E-state index is 12.9. The molecule has 0 unspecified atom stereocenters. The van der Waals surface area contributed by atoms with Crippen LogP contribution in [0.2, 0.25) is 5.02 Å². The number of methoxy groups -OCH3 is 1. The third-order valence-corrected chi connectivity index (χ3v) is 6.37. The van der Waals surface area contributed by atoms with Crippen LogP contribution in [0.5, 0.6) is 17.2 Å². The largest absolute Gasteiger partial charge is 0.495 e. The SMILES string of the molecule is COc1ccc(NC(=O)CN2C(=O)S/C(=C/c3ccccc3OCCOc3ccccc3)C2=O)cc1Cl. The van der Waals surface area contributed by atoms with Gasteiger partial charge in [-0.15, -0.1) is 0 Å². The van der Waals surface area contributed by atoms with E-state index in [1.807, 2.05) is 36.4 Å². The predicted octanol–water partition coefficient (Wildman–Crippen LogP) is 5.48. The van der Waals surface area contributed by atoms with Gasteiger partial charge >= 0.3 is 0 Å². The van der Waals surface area contributed by atoms with Gasteiger partial charge in [0, 0.05) is 11.3 Å². The average molecular weight is 539 g/mol. The number of nitrogens with zero attached hydrogens (tertiary/aromatic N) is 1. The van der Waals surface area contributed by atoms with Crippen LogP contribution in [0.1, 0.15) is 5.56 Å². The van der Waals surface area contributed by atoms with Gasteiger partial charge in [0.25, 0.3) is 11.1 Å². The summed E-state index contributed by atoms with van der Waals surface area (Å²) in [5, 5.41) is 2.42. The van der Waals surface area contributed by atoms with Crippen LogP contribution in [0.15, 0.2) is 77.7 Å². The highest BCUT2D eigenvalue weighted by molar-refractivity contribution is 8.18. The number of hydrogen-bond acceptors (Lipinski definition) is 7. The fraction of sp³-hybridized carbons (Fsp3) is 0.148. The number of amides is 3. The first-order chi connectivity index (χ1) is 17.9. The van der Waals surface area contributed by atoms with E-state index >= 15 is 0 Å². The molecule has 0 aliphatic carbocycles. The van der Waals surface area contributed by atoms with Crippen molar-refractivity contribution in [1.82, 2.24) is 4.90 Å². The maximum atomic E-state index is 12.9. The number of hydrogen-bond donors (Lipinski definition) is 1. The number of carbonyl (C=O) groups excluding carboxylic acids is 3. The Bertz CT molecular complexity index is 1330. The molecule has 0 radical (unpaired) electrons. The highest BCUT2D eigenvalue weighted by Crippen LogP contribution is 2.34. The second-order valence-electron chi connectivity index (χ2n) is 7.71. The van der Waals surface area contributed by atoms with Crippen LogP contribution in [0.25, 0.3) is 6.08 Å². The Morgan fingerprint density at radius 2 is 1.70 bits per heavy atom. The van der Waals surface area contributed by atoms with Gasteiger partial charge < -0.3 is 19.5 Å². The Morgan fingerprint density at radius 3 is 2.46 bits per heavy atom. The summed E-state index contributed by atoms with van der Waals surface area (Å²) >= 11 is 6.85. The van der Waals surface area contributed by atoms with Gasteiger partial charge in [-0.05, 0) is 54.2 Å². The van der Waals surface area contributed by atoms with E-state index < -0.39 is 23.6 Å². The van der Waals surface area contributed by atoms with Gasteiger partial charge in [0.2, 0.25) is 5.91 Å². The van der Waals surface area contributed by atoms with Crippen molar-refractivity contribution < 1.29 is 28.6 Å². The monoisotopic (exact) mass is 538 g/mol. The number of halogens is 1. The molecular weight excluding hydrogens is 516 g/mol. The molecule has 0 spiro atoms. The van der Waals surface area contributed by atoms with Gasteiger partial charge in [0.1, 0.15) is 37.0 Å². The average Bonchev–Trinajstić information content (AvgIpc) is 3.15. The first-order valence-electron chi connectivity index (χ1n) is 11.2. The molecule has 1 aliphatic heterocycles. The number of para-hydroxylation sites is 2. The van der Waals surface area contributed by atoms with Gasteiger partial charge in [0.15, 0.2) is 0 Å². The standard InChI is InChI=1S/C27H23ClN2O6S/c1-34-23-12-11-19(16-21(23)28)29-25(31)17-30-26(32)24(37-27(30)33)15-18-7-5-6-10-22(18)36-14-13-35-20-8-3-2-4-9-20/h2-12,15-16H,13-14,17H2,1H3,(H,29,31)/b24-15+. The van der Waals surface area contributed by atoms with Crippen LogP contribution in [0.4, 0.5) is 10.5 Å². The summed E-state index contributed by atoms with van der Waals surface area (Å²) in [7, 11) is 1.48. The van der Waals surface area contributed by atoms with Crippen molar-refractivity contribution >= 4 is 52.2 Å². The Kier molecular flexibility index (Phi) is 8.71. The molecule has 190 valence electrons. The summed E-state index contributed by atoms with van der Waals surface area (Å²) in [6.07, 6.45) is 1.58. The molecule has 1 N–H and O–H groups in total. The van der Waals surface area contributed by atoms with Crippen molar-refractivity contribution in [3.8, 4) is 17.2 Å². The summed E-state index contributed by atoms with van der Waals surface area (Å²) in [5.41, 5.74) is 1.05. The number of thioether (sulfide) groups is 1. The van der Waals surface area contributed by atoms with Crippen LogP contribution in [0, 0.1) is 0 Å². The van der Waals surface area contributed by atoms with E-state index in [2.05, 4.69) is 5.32 Å². The van der Waals surface area contributed by atoms with Crippen molar-refractivity contribution in [2.75, 3.05) is 32.2 Å². The lowest BCUT2D eigenvalue weighted by Crippen LogP contribution is -2.36.